The van der Waals surface area contributed by atoms with Crippen molar-refractivity contribution in [1.29, 1.82) is 5.41 Å². The Kier molecular flexibility index (Phi) is 7.69. The number of unbranched alkanes of at least 4 members (excludes halogenated alkanes) is 2. The minimum absolute atomic E-state index is 0.148. The molecular weight excluding hydrogens is 164 g/mol. The van der Waals surface area contributed by atoms with Gasteiger partial charge in [0.25, 0.3) is 0 Å². The van der Waals surface area contributed by atoms with Gasteiger partial charge in [-0.3, -0.25) is 5.41 Å². The van der Waals surface area contributed by atoms with Crippen LogP contribution in [0.1, 0.15) is 46.0 Å². The van der Waals surface area contributed by atoms with Crippen LogP contribution < -0.4 is 5.73 Å². The van der Waals surface area contributed by atoms with Gasteiger partial charge in [-0.05, 0) is 12.8 Å². The first kappa shape index (κ1) is 12.4. The molecule has 1 atom stereocenters. The Morgan fingerprint density at radius 1 is 1.38 bits per heavy atom. The van der Waals surface area contributed by atoms with E-state index in [0.29, 0.717) is 6.42 Å². The Hall–Kier alpha value is -0.570. The predicted octanol–water partition coefficient (Wildman–Crippen LogP) is 2.30. The third-order valence-electron chi connectivity index (χ3n) is 2.00. The van der Waals surface area contributed by atoms with Crippen molar-refractivity contribution in [3.05, 3.63) is 0 Å². The molecule has 0 spiro atoms. The molecule has 0 aliphatic rings. The molecule has 13 heavy (non-hydrogen) atoms. The highest BCUT2D eigenvalue weighted by Gasteiger charge is 2.07. The summed E-state index contributed by atoms with van der Waals surface area (Å²) >= 11 is 0. The van der Waals surface area contributed by atoms with Crippen LogP contribution in [-0.2, 0) is 4.74 Å². The molecule has 0 saturated heterocycles. The lowest BCUT2D eigenvalue weighted by Gasteiger charge is -2.14. The van der Waals surface area contributed by atoms with Gasteiger partial charge in [-0.2, -0.15) is 0 Å². The predicted molar refractivity (Wildman–Crippen MR) is 56.1 cm³/mol. The summed E-state index contributed by atoms with van der Waals surface area (Å²) in [7, 11) is 0. The van der Waals surface area contributed by atoms with Gasteiger partial charge in [-0.15, -0.1) is 0 Å². The van der Waals surface area contributed by atoms with E-state index in [1.165, 1.54) is 12.8 Å². The molecule has 0 aliphatic carbocycles. The number of rotatable bonds is 8. The van der Waals surface area contributed by atoms with E-state index in [-0.39, 0.29) is 11.9 Å². The van der Waals surface area contributed by atoms with Crippen LogP contribution in [0.5, 0.6) is 0 Å². The zero-order chi connectivity index (χ0) is 10.1. The zero-order valence-electron chi connectivity index (χ0n) is 8.81. The maximum atomic E-state index is 7.14. The van der Waals surface area contributed by atoms with Crippen molar-refractivity contribution in [2.45, 2.75) is 52.1 Å². The first-order chi connectivity index (χ1) is 6.20. The van der Waals surface area contributed by atoms with Crippen LogP contribution in [-0.4, -0.2) is 18.5 Å². The maximum absolute atomic E-state index is 7.14. The van der Waals surface area contributed by atoms with Gasteiger partial charge in [0, 0.05) is 13.0 Å². The number of amidine groups is 1. The normalized spacial score (nSPS) is 12.8. The van der Waals surface area contributed by atoms with Gasteiger partial charge < -0.3 is 10.5 Å². The minimum Gasteiger partial charge on any atom is -0.388 e. The quantitative estimate of drug-likeness (QED) is 0.347. The summed E-state index contributed by atoms with van der Waals surface area (Å²) in [5.41, 5.74) is 5.30. The number of nitrogens with one attached hydrogen (secondary N) is 1. The van der Waals surface area contributed by atoms with Crippen LogP contribution in [0.2, 0.25) is 0 Å². The fourth-order valence-electron chi connectivity index (χ4n) is 1.17. The zero-order valence-corrected chi connectivity index (χ0v) is 8.81. The lowest BCUT2D eigenvalue weighted by molar-refractivity contribution is 0.0529. The molecule has 3 N–H and O–H groups in total. The van der Waals surface area contributed by atoms with Crippen molar-refractivity contribution in [1.82, 2.24) is 0 Å². The molecule has 0 fully saturated rings. The largest absolute Gasteiger partial charge is 0.388 e. The van der Waals surface area contributed by atoms with Gasteiger partial charge >= 0.3 is 0 Å². The lowest BCUT2D eigenvalue weighted by Crippen LogP contribution is -2.22. The van der Waals surface area contributed by atoms with Crippen molar-refractivity contribution in [2.75, 3.05) is 6.61 Å². The minimum atomic E-state index is 0.148. The molecule has 3 nitrogen and oxygen atoms in total. The lowest BCUT2D eigenvalue weighted by atomic mass is 10.2. The Morgan fingerprint density at radius 2 is 2.08 bits per heavy atom. The Labute approximate surface area is 81.2 Å². The number of hydrogen-bond acceptors (Lipinski definition) is 2. The first-order valence-corrected chi connectivity index (χ1v) is 5.15. The van der Waals surface area contributed by atoms with Crippen molar-refractivity contribution in [2.24, 2.45) is 5.73 Å². The summed E-state index contributed by atoms with van der Waals surface area (Å²) in [6, 6.07) is 0. The van der Waals surface area contributed by atoms with E-state index in [0.717, 1.165) is 19.4 Å². The molecule has 0 aromatic carbocycles. The third-order valence-corrected chi connectivity index (χ3v) is 2.00. The average Bonchev–Trinajstić information content (AvgIpc) is 2.09. The van der Waals surface area contributed by atoms with Crippen molar-refractivity contribution in [3.8, 4) is 0 Å². The topological polar surface area (TPSA) is 59.1 Å². The average molecular weight is 186 g/mol. The van der Waals surface area contributed by atoms with Crippen LogP contribution >= 0.6 is 0 Å². The molecule has 0 amide bonds. The van der Waals surface area contributed by atoms with Gasteiger partial charge in [0.05, 0.1) is 11.9 Å². The van der Waals surface area contributed by atoms with Gasteiger partial charge in [-0.1, -0.05) is 26.7 Å². The van der Waals surface area contributed by atoms with Crippen molar-refractivity contribution < 1.29 is 4.74 Å². The fourth-order valence-corrected chi connectivity index (χ4v) is 1.17. The smallest absolute Gasteiger partial charge is 0.0931 e. The monoisotopic (exact) mass is 186 g/mol. The fraction of sp³-hybridized carbons (Fsp3) is 0.900. The SMILES string of the molecule is CCCCCOC(CC)CC(=N)N. The van der Waals surface area contributed by atoms with Gasteiger partial charge in [0.2, 0.25) is 0 Å². The summed E-state index contributed by atoms with van der Waals surface area (Å²) in [6.07, 6.45) is 5.21. The van der Waals surface area contributed by atoms with E-state index in [1.54, 1.807) is 0 Å². The van der Waals surface area contributed by atoms with E-state index in [9.17, 15) is 0 Å². The van der Waals surface area contributed by atoms with E-state index in [2.05, 4.69) is 13.8 Å². The van der Waals surface area contributed by atoms with Crippen LogP contribution in [0, 0.1) is 5.41 Å². The highest BCUT2D eigenvalue weighted by atomic mass is 16.5. The third kappa shape index (κ3) is 7.78. The highest BCUT2D eigenvalue weighted by Crippen LogP contribution is 2.05. The van der Waals surface area contributed by atoms with Crippen LogP contribution in [0.25, 0.3) is 0 Å². The molecule has 0 radical (unpaired) electrons. The van der Waals surface area contributed by atoms with Gasteiger partial charge in [-0.25, -0.2) is 0 Å². The van der Waals surface area contributed by atoms with Gasteiger partial charge in [0.15, 0.2) is 0 Å². The van der Waals surface area contributed by atoms with Gasteiger partial charge in [0.1, 0.15) is 0 Å². The van der Waals surface area contributed by atoms with E-state index >= 15 is 0 Å². The summed E-state index contributed by atoms with van der Waals surface area (Å²) in [5.74, 6) is 0.224. The molecule has 3 heteroatoms. The molecule has 0 aromatic heterocycles. The first-order valence-electron chi connectivity index (χ1n) is 5.15. The summed E-state index contributed by atoms with van der Waals surface area (Å²) in [6.45, 7) is 5.04. The number of hydrogen-bond donors (Lipinski definition) is 2. The van der Waals surface area contributed by atoms with Crippen molar-refractivity contribution >= 4 is 5.84 Å². The summed E-state index contributed by atoms with van der Waals surface area (Å²) in [4.78, 5) is 0. The number of ether oxygens (including phenoxy) is 1. The summed E-state index contributed by atoms with van der Waals surface area (Å²) in [5, 5.41) is 7.14. The Balaban J connectivity index is 3.42. The van der Waals surface area contributed by atoms with Crippen LogP contribution in [0.4, 0.5) is 0 Å². The van der Waals surface area contributed by atoms with Crippen LogP contribution in [0.15, 0.2) is 0 Å². The molecule has 0 heterocycles. The molecular formula is C10H22N2O. The molecule has 78 valence electrons. The second kappa shape index (κ2) is 8.05. The standard InChI is InChI=1S/C10H22N2O/c1-3-5-6-7-13-9(4-2)8-10(11)12/h9H,3-8H2,1-2H3,(H3,11,12). The molecule has 0 bridgehead atoms. The maximum Gasteiger partial charge on any atom is 0.0931 e. The molecule has 0 aromatic rings. The Morgan fingerprint density at radius 3 is 2.54 bits per heavy atom. The van der Waals surface area contributed by atoms with Crippen molar-refractivity contribution in [3.63, 3.8) is 0 Å². The second-order valence-corrected chi connectivity index (χ2v) is 3.34. The van der Waals surface area contributed by atoms with E-state index in [4.69, 9.17) is 15.9 Å². The van der Waals surface area contributed by atoms with Crippen LogP contribution in [0.3, 0.4) is 0 Å². The highest BCUT2D eigenvalue weighted by molar-refractivity contribution is 5.77. The number of nitrogens with two attached hydrogens (primary N) is 1. The molecule has 1 unspecified atom stereocenters. The van der Waals surface area contributed by atoms with E-state index in [1.807, 2.05) is 0 Å². The second-order valence-electron chi connectivity index (χ2n) is 3.34. The molecule has 0 aliphatic heterocycles. The molecule has 0 rings (SSSR count). The summed E-state index contributed by atoms with van der Waals surface area (Å²) < 4.78 is 5.58. The Bertz CT molecular complexity index is 137. The molecule has 0 saturated carbocycles. The van der Waals surface area contributed by atoms with E-state index < -0.39 is 0 Å².